The molecule has 0 aliphatic heterocycles. The minimum absolute atomic E-state index is 0.0239. The van der Waals surface area contributed by atoms with E-state index in [9.17, 15) is 4.79 Å². The summed E-state index contributed by atoms with van der Waals surface area (Å²) >= 11 is 2.29. The zero-order chi connectivity index (χ0) is 16.5. The maximum atomic E-state index is 12.6. The van der Waals surface area contributed by atoms with Crippen LogP contribution in [-0.2, 0) is 0 Å². The van der Waals surface area contributed by atoms with Crippen molar-refractivity contribution in [3.8, 4) is 11.3 Å². The minimum atomic E-state index is 0.0239. The number of fused-ring (bicyclic) bond motifs is 1. The molecule has 116 valence electrons. The van der Waals surface area contributed by atoms with Crippen LogP contribution in [-0.4, -0.2) is 5.78 Å². The van der Waals surface area contributed by atoms with Crippen molar-refractivity contribution < 1.29 is 9.21 Å². The Morgan fingerprint density at radius 1 is 0.792 bits per heavy atom. The van der Waals surface area contributed by atoms with Gasteiger partial charge < -0.3 is 4.42 Å². The standard InChI is InChI=1S/C21H13IO2/c22-19-17-13-16(20(23)14-7-3-1-4-8-14)11-12-18(17)24-21(19)15-9-5-2-6-10-15/h1-13H. The van der Waals surface area contributed by atoms with Crippen LogP contribution in [0.4, 0.5) is 0 Å². The molecule has 4 rings (SSSR count). The molecule has 1 aromatic heterocycles. The number of hydrogen-bond donors (Lipinski definition) is 0. The van der Waals surface area contributed by atoms with Crippen LogP contribution in [0.15, 0.2) is 83.3 Å². The van der Waals surface area contributed by atoms with Crippen molar-refractivity contribution in [2.24, 2.45) is 0 Å². The lowest BCUT2D eigenvalue weighted by Crippen LogP contribution is -2.00. The topological polar surface area (TPSA) is 30.2 Å². The second-order valence-corrected chi connectivity index (χ2v) is 6.60. The average Bonchev–Trinajstić information content (AvgIpc) is 2.99. The first-order chi connectivity index (χ1) is 11.7. The van der Waals surface area contributed by atoms with Crippen molar-refractivity contribution in [2.75, 3.05) is 0 Å². The summed E-state index contributed by atoms with van der Waals surface area (Å²) in [6, 6.07) is 25.0. The first-order valence-electron chi connectivity index (χ1n) is 7.61. The van der Waals surface area contributed by atoms with Crippen molar-refractivity contribution in [3.05, 3.63) is 93.6 Å². The number of ketones is 1. The molecule has 0 atom stereocenters. The Kier molecular flexibility index (Phi) is 3.94. The molecular weight excluding hydrogens is 411 g/mol. The highest BCUT2D eigenvalue weighted by Gasteiger charge is 2.16. The molecule has 1 heterocycles. The SMILES string of the molecule is O=C(c1ccccc1)c1ccc2oc(-c3ccccc3)c(I)c2c1. The second kappa shape index (κ2) is 6.24. The highest BCUT2D eigenvalue weighted by molar-refractivity contribution is 14.1. The van der Waals surface area contributed by atoms with Gasteiger partial charge in [-0.3, -0.25) is 4.79 Å². The Morgan fingerprint density at radius 2 is 1.46 bits per heavy atom. The van der Waals surface area contributed by atoms with Gasteiger partial charge in [-0.2, -0.15) is 0 Å². The minimum Gasteiger partial charge on any atom is -0.455 e. The fraction of sp³-hybridized carbons (Fsp3) is 0. The summed E-state index contributed by atoms with van der Waals surface area (Å²) in [5.41, 5.74) is 3.20. The number of carbonyl (C=O) groups is 1. The van der Waals surface area contributed by atoms with Gasteiger partial charge in [0.1, 0.15) is 11.3 Å². The van der Waals surface area contributed by atoms with Crippen LogP contribution >= 0.6 is 22.6 Å². The molecule has 0 saturated heterocycles. The molecule has 0 fully saturated rings. The molecule has 3 aromatic carbocycles. The molecule has 0 aliphatic carbocycles. The Labute approximate surface area is 153 Å². The molecular formula is C21H13IO2. The van der Waals surface area contributed by atoms with Gasteiger partial charge in [-0.1, -0.05) is 60.7 Å². The van der Waals surface area contributed by atoms with Gasteiger partial charge in [-0.05, 0) is 40.8 Å². The number of halogens is 1. The summed E-state index contributed by atoms with van der Waals surface area (Å²) in [5.74, 6) is 0.867. The van der Waals surface area contributed by atoms with Crippen LogP contribution in [0.5, 0.6) is 0 Å². The highest BCUT2D eigenvalue weighted by Crippen LogP contribution is 2.35. The van der Waals surface area contributed by atoms with E-state index in [2.05, 4.69) is 22.6 Å². The van der Waals surface area contributed by atoms with Gasteiger partial charge in [0.05, 0.1) is 3.57 Å². The Balaban J connectivity index is 1.82. The number of hydrogen-bond acceptors (Lipinski definition) is 2. The lowest BCUT2D eigenvalue weighted by atomic mass is 10.0. The van der Waals surface area contributed by atoms with E-state index in [0.717, 1.165) is 25.9 Å². The smallest absolute Gasteiger partial charge is 0.193 e. The van der Waals surface area contributed by atoms with Crippen molar-refractivity contribution in [2.45, 2.75) is 0 Å². The predicted molar refractivity (Wildman–Crippen MR) is 104 cm³/mol. The molecule has 0 saturated carbocycles. The van der Waals surface area contributed by atoms with Gasteiger partial charge in [0, 0.05) is 22.1 Å². The molecule has 0 spiro atoms. The molecule has 0 radical (unpaired) electrons. The third-order valence-electron chi connectivity index (χ3n) is 3.96. The van der Waals surface area contributed by atoms with Crippen LogP contribution < -0.4 is 0 Å². The summed E-state index contributed by atoms with van der Waals surface area (Å²) in [6.07, 6.45) is 0. The summed E-state index contributed by atoms with van der Waals surface area (Å²) in [5, 5.41) is 0.969. The molecule has 2 nitrogen and oxygen atoms in total. The van der Waals surface area contributed by atoms with Crippen LogP contribution in [0.2, 0.25) is 0 Å². The van der Waals surface area contributed by atoms with E-state index < -0.39 is 0 Å². The van der Waals surface area contributed by atoms with Crippen molar-refractivity contribution in [1.29, 1.82) is 0 Å². The fourth-order valence-electron chi connectivity index (χ4n) is 2.74. The summed E-state index contributed by atoms with van der Waals surface area (Å²) in [7, 11) is 0. The van der Waals surface area contributed by atoms with E-state index >= 15 is 0 Å². The van der Waals surface area contributed by atoms with E-state index in [4.69, 9.17) is 4.42 Å². The lowest BCUT2D eigenvalue weighted by molar-refractivity contribution is 0.103. The monoisotopic (exact) mass is 424 g/mol. The third-order valence-corrected chi connectivity index (χ3v) is 5.03. The molecule has 0 unspecified atom stereocenters. The first kappa shape index (κ1) is 15.1. The fourth-order valence-corrected chi connectivity index (χ4v) is 3.58. The molecule has 3 heteroatoms. The number of rotatable bonds is 3. The molecule has 0 bridgehead atoms. The number of carbonyl (C=O) groups excluding carboxylic acids is 1. The lowest BCUT2D eigenvalue weighted by Gasteiger charge is -2.01. The zero-order valence-electron chi connectivity index (χ0n) is 12.7. The maximum absolute atomic E-state index is 12.6. The van der Waals surface area contributed by atoms with Gasteiger partial charge in [0.2, 0.25) is 0 Å². The zero-order valence-corrected chi connectivity index (χ0v) is 14.9. The Morgan fingerprint density at radius 3 is 2.17 bits per heavy atom. The normalized spacial score (nSPS) is 10.9. The summed E-state index contributed by atoms with van der Waals surface area (Å²) in [6.45, 7) is 0. The van der Waals surface area contributed by atoms with Gasteiger partial charge in [0.25, 0.3) is 0 Å². The summed E-state index contributed by atoms with van der Waals surface area (Å²) < 4.78 is 7.03. The predicted octanol–water partition coefficient (Wildman–Crippen LogP) is 5.94. The van der Waals surface area contributed by atoms with Crippen LogP contribution in [0, 0.1) is 3.57 Å². The number of furan rings is 1. The average molecular weight is 424 g/mol. The molecule has 24 heavy (non-hydrogen) atoms. The van der Waals surface area contributed by atoms with E-state index in [1.54, 1.807) is 0 Å². The molecule has 0 aliphatic rings. The molecule has 0 amide bonds. The first-order valence-corrected chi connectivity index (χ1v) is 8.69. The van der Waals surface area contributed by atoms with Crippen LogP contribution in [0.1, 0.15) is 15.9 Å². The van der Waals surface area contributed by atoms with E-state index in [1.807, 2.05) is 78.9 Å². The van der Waals surface area contributed by atoms with E-state index in [-0.39, 0.29) is 5.78 Å². The van der Waals surface area contributed by atoms with Gasteiger partial charge >= 0.3 is 0 Å². The van der Waals surface area contributed by atoms with E-state index in [1.165, 1.54) is 0 Å². The highest BCUT2D eigenvalue weighted by atomic mass is 127. The molecule has 4 aromatic rings. The summed E-state index contributed by atoms with van der Waals surface area (Å²) in [4.78, 5) is 12.6. The van der Waals surface area contributed by atoms with Gasteiger partial charge in [0.15, 0.2) is 5.78 Å². The van der Waals surface area contributed by atoms with E-state index in [0.29, 0.717) is 11.1 Å². The molecule has 0 N–H and O–H groups in total. The van der Waals surface area contributed by atoms with Gasteiger partial charge in [-0.25, -0.2) is 0 Å². The van der Waals surface area contributed by atoms with Crippen LogP contribution in [0.25, 0.3) is 22.3 Å². The quantitative estimate of drug-likeness (QED) is 0.301. The Bertz CT molecular complexity index is 1020. The Hall–Kier alpha value is -2.40. The number of benzene rings is 3. The van der Waals surface area contributed by atoms with Crippen LogP contribution in [0.3, 0.4) is 0 Å². The maximum Gasteiger partial charge on any atom is 0.193 e. The third kappa shape index (κ3) is 2.65. The van der Waals surface area contributed by atoms with Crippen molar-refractivity contribution in [3.63, 3.8) is 0 Å². The van der Waals surface area contributed by atoms with Crippen molar-refractivity contribution in [1.82, 2.24) is 0 Å². The van der Waals surface area contributed by atoms with Crippen molar-refractivity contribution >= 4 is 39.3 Å². The van der Waals surface area contributed by atoms with Gasteiger partial charge in [-0.15, -0.1) is 0 Å². The largest absolute Gasteiger partial charge is 0.455 e. The second-order valence-electron chi connectivity index (χ2n) is 5.52.